The lowest BCUT2D eigenvalue weighted by Crippen LogP contribution is -2.04. The first-order valence-corrected chi connectivity index (χ1v) is 4.42. The van der Waals surface area contributed by atoms with E-state index in [2.05, 4.69) is 4.98 Å². The van der Waals surface area contributed by atoms with Gasteiger partial charge in [-0.05, 0) is 19.3 Å². The predicted molar refractivity (Wildman–Crippen MR) is 45.8 cm³/mol. The molecule has 66 valence electrons. The Hall–Kier alpha value is -0.830. The maximum atomic E-state index is 9.35. The Balaban J connectivity index is 2.16. The van der Waals surface area contributed by atoms with Gasteiger partial charge in [-0.15, -0.1) is 0 Å². The number of hydrogen-bond acceptors (Lipinski definition) is 2. The van der Waals surface area contributed by atoms with Crippen molar-refractivity contribution in [2.24, 2.45) is 7.05 Å². The summed E-state index contributed by atoms with van der Waals surface area (Å²) < 4.78 is 2.04. The Morgan fingerprint density at radius 1 is 1.58 bits per heavy atom. The minimum Gasteiger partial charge on any atom is -0.393 e. The van der Waals surface area contributed by atoms with Gasteiger partial charge in [0, 0.05) is 25.4 Å². The zero-order valence-corrected chi connectivity index (χ0v) is 7.27. The van der Waals surface area contributed by atoms with Crippen molar-refractivity contribution < 1.29 is 5.11 Å². The van der Waals surface area contributed by atoms with Crippen molar-refractivity contribution in [2.75, 3.05) is 0 Å². The third-order valence-corrected chi connectivity index (χ3v) is 2.63. The fourth-order valence-corrected chi connectivity index (χ4v) is 1.96. The number of rotatable bonds is 1. The third-order valence-electron chi connectivity index (χ3n) is 2.63. The maximum Gasteiger partial charge on any atom is 0.111 e. The first kappa shape index (κ1) is 7.80. The van der Waals surface area contributed by atoms with E-state index < -0.39 is 0 Å². The molecule has 0 radical (unpaired) electrons. The lowest BCUT2D eigenvalue weighted by atomic mass is 10.1. The smallest absolute Gasteiger partial charge is 0.111 e. The van der Waals surface area contributed by atoms with E-state index in [9.17, 15) is 5.11 Å². The molecule has 0 aromatic carbocycles. The molecule has 0 saturated heterocycles. The topological polar surface area (TPSA) is 38.0 Å². The molecule has 2 atom stereocenters. The van der Waals surface area contributed by atoms with Gasteiger partial charge in [-0.3, -0.25) is 0 Å². The van der Waals surface area contributed by atoms with Gasteiger partial charge in [0.25, 0.3) is 0 Å². The molecule has 1 saturated carbocycles. The van der Waals surface area contributed by atoms with Crippen LogP contribution in [0.15, 0.2) is 12.4 Å². The van der Waals surface area contributed by atoms with Crippen molar-refractivity contribution in [3.05, 3.63) is 18.2 Å². The van der Waals surface area contributed by atoms with Crippen LogP contribution in [0.5, 0.6) is 0 Å². The molecular formula is C9H14N2O. The molecular weight excluding hydrogens is 152 g/mol. The Morgan fingerprint density at radius 2 is 2.42 bits per heavy atom. The lowest BCUT2D eigenvalue weighted by Gasteiger charge is -2.08. The van der Waals surface area contributed by atoms with Crippen LogP contribution in [-0.4, -0.2) is 20.8 Å². The molecule has 2 unspecified atom stereocenters. The summed E-state index contributed by atoms with van der Waals surface area (Å²) >= 11 is 0. The molecule has 1 N–H and O–H groups in total. The van der Waals surface area contributed by atoms with Gasteiger partial charge in [-0.25, -0.2) is 4.98 Å². The monoisotopic (exact) mass is 166 g/mol. The number of hydrogen-bond donors (Lipinski definition) is 1. The van der Waals surface area contributed by atoms with Gasteiger partial charge in [-0.2, -0.15) is 0 Å². The van der Waals surface area contributed by atoms with Crippen LogP contribution in [0.25, 0.3) is 0 Å². The number of aryl methyl sites for hydroxylation is 1. The van der Waals surface area contributed by atoms with Crippen LogP contribution < -0.4 is 0 Å². The highest BCUT2D eigenvalue weighted by molar-refractivity contribution is 5.03. The van der Waals surface area contributed by atoms with Crippen LogP contribution >= 0.6 is 0 Å². The Kier molecular flexibility index (Phi) is 1.89. The number of imidazole rings is 1. The highest BCUT2D eigenvalue weighted by atomic mass is 16.3. The Morgan fingerprint density at radius 3 is 2.92 bits per heavy atom. The number of aliphatic hydroxyl groups excluding tert-OH is 1. The van der Waals surface area contributed by atoms with E-state index in [1.165, 1.54) is 0 Å². The molecule has 1 aromatic rings. The van der Waals surface area contributed by atoms with Gasteiger partial charge >= 0.3 is 0 Å². The average molecular weight is 166 g/mol. The molecule has 1 aromatic heterocycles. The summed E-state index contributed by atoms with van der Waals surface area (Å²) in [5, 5.41) is 9.35. The molecule has 0 spiro atoms. The molecule has 1 fully saturated rings. The SMILES string of the molecule is Cn1ccnc1C1CCC(O)C1. The molecule has 0 bridgehead atoms. The molecule has 1 heterocycles. The minimum atomic E-state index is -0.105. The average Bonchev–Trinajstić information content (AvgIpc) is 2.58. The van der Waals surface area contributed by atoms with Crippen molar-refractivity contribution >= 4 is 0 Å². The second-order valence-electron chi connectivity index (χ2n) is 3.56. The van der Waals surface area contributed by atoms with Gasteiger partial charge in [0.1, 0.15) is 5.82 Å². The highest BCUT2D eigenvalue weighted by Gasteiger charge is 2.26. The summed E-state index contributed by atoms with van der Waals surface area (Å²) in [6, 6.07) is 0. The minimum absolute atomic E-state index is 0.105. The zero-order chi connectivity index (χ0) is 8.55. The number of nitrogens with zero attached hydrogens (tertiary/aromatic N) is 2. The van der Waals surface area contributed by atoms with Crippen LogP contribution in [0.3, 0.4) is 0 Å². The summed E-state index contributed by atoms with van der Waals surface area (Å²) in [4.78, 5) is 4.28. The number of aromatic nitrogens is 2. The fraction of sp³-hybridized carbons (Fsp3) is 0.667. The fourth-order valence-electron chi connectivity index (χ4n) is 1.96. The summed E-state index contributed by atoms with van der Waals surface area (Å²) in [7, 11) is 2.01. The van der Waals surface area contributed by atoms with Crippen molar-refractivity contribution in [3.8, 4) is 0 Å². The van der Waals surface area contributed by atoms with Crippen molar-refractivity contribution in [1.29, 1.82) is 0 Å². The van der Waals surface area contributed by atoms with Crippen LogP contribution in [-0.2, 0) is 7.05 Å². The molecule has 3 nitrogen and oxygen atoms in total. The maximum absolute atomic E-state index is 9.35. The normalized spacial score (nSPS) is 29.5. The van der Waals surface area contributed by atoms with E-state index in [-0.39, 0.29) is 6.10 Å². The van der Waals surface area contributed by atoms with Crippen LogP contribution in [0.1, 0.15) is 31.0 Å². The van der Waals surface area contributed by atoms with Gasteiger partial charge < -0.3 is 9.67 Å². The third kappa shape index (κ3) is 1.25. The second kappa shape index (κ2) is 2.90. The van der Waals surface area contributed by atoms with Gasteiger partial charge in [0.2, 0.25) is 0 Å². The van der Waals surface area contributed by atoms with Crippen LogP contribution in [0, 0.1) is 0 Å². The molecule has 0 amide bonds. The molecule has 2 rings (SSSR count). The van der Waals surface area contributed by atoms with E-state index >= 15 is 0 Å². The summed E-state index contributed by atoms with van der Waals surface area (Å²) in [6.45, 7) is 0. The lowest BCUT2D eigenvalue weighted by molar-refractivity contribution is 0.181. The Bertz CT molecular complexity index is 269. The van der Waals surface area contributed by atoms with Gasteiger partial charge in [0.15, 0.2) is 0 Å². The molecule has 0 aliphatic heterocycles. The van der Waals surface area contributed by atoms with Crippen LogP contribution in [0.2, 0.25) is 0 Å². The molecule has 12 heavy (non-hydrogen) atoms. The van der Waals surface area contributed by atoms with Gasteiger partial charge in [0.05, 0.1) is 6.10 Å². The molecule has 1 aliphatic carbocycles. The zero-order valence-electron chi connectivity index (χ0n) is 7.27. The predicted octanol–water partition coefficient (Wildman–Crippen LogP) is 1.05. The van der Waals surface area contributed by atoms with Crippen LogP contribution in [0.4, 0.5) is 0 Å². The number of aliphatic hydroxyl groups is 1. The van der Waals surface area contributed by atoms with Gasteiger partial charge in [-0.1, -0.05) is 0 Å². The van der Waals surface area contributed by atoms with Crippen molar-refractivity contribution in [3.63, 3.8) is 0 Å². The quantitative estimate of drug-likeness (QED) is 0.677. The molecule has 3 heteroatoms. The Labute approximate surface area is 72.0 Å². The van der Waals surface area contributed by atoms with E-state index in [0.29, 0.717) is 5.92 Å². The van der Waals surface area contributed by atoms with E-state index in [4.69, 9.17) is 0 Å². The van der Waals surface area contributed by atoms with Crippen molar-refractivity contribution in [1.82, 2.24) is 9.55 Å². The first-order valence-electron chi connectivity index (χ1n) is 4.42. The first-order chi connectivity index (χ1) is 5.77. The largest absolute Gasteiger partial charge is 0.393 e. The molecule has 1 aliphatic rings. The summed E-state index contributed by atoms with van der Waals surface area (Å²) in [5.41, 5.74) is 0. The second-order valence-corrected chi connectivity index (χ2v) is 3.56. The highest BCUT2D eigenvalue weighted by Crippen LogP contribution is 2.32. The van der Waals surface area contributed by atoms with E-state index in [1.54, 1.807) is 0 Å². The van der Waals surface area contributed by atoms with Crippen molar-refractivity contribution in [2.45, 2.75) is 31.3 Å². The standard InChI is InChI=1S/C9H14N2O/c1-11-5-4-10-9(11)7-2-3-8(12)6-7/h4-5,7-8,12H,2-3,6H2,1H3. The summed E-state index contributed by atoms with van der Waals surface area (Å²) in [5.74, 6) is 1.59. The summed E-state index contributed by atoms with van der Waals surface area (Å²) in [6.07, 6.45) is 6.56. The van der Waals surface area contributed by atoms with E-state index in [0.717, 1.165) is 25.1 Å². The van der Waals surface area contributed by atoms with E-state index in [1.807, 2.05) is 24.0 Å².